The van der Waals surface area contributed by atoms with Crippen LogP contribution in [-0.2, 0) is 0 Å². The van der Waals surface area contributed by atoms with Gasteiger partial charge in [0.25, 0.3) is 0 Å². The minimum Gasteiger partial charge on any atom is -0.491 e. The molecule has 178 valence electrons. The fraction of sp³-hybridized carbons (Fsp3) is 0.267. The lowest BCUT2D eigenvalue weighted by molar-refractivity contribution is 0.242. The second kappa shape index (κ2) is 14.5. The van der Waals surface area contributed by atoms with Crippen LogP contribution >= 0.6 is 0 Å². The molecule has 0 N–H and O–H groups in total. The molecule has 0 saturated heterocycles. The van der Waals surface area contributed by atoms with E-state index in [1.807, 2.05) is 127 Å². The van der Waals surface area contributed by atoms with E-state index in [0.29, 0.717) is 0 Å². The Morgan fingerprint density at radius 3 is 1.26 bits per heavy atom. The third-order valence-electron chi connectivity index (χ3n) is 4.40. The van der Waals surface area contributed by atoms with Gasteiger partial charge in [-0.05, 0) is 113 Å². The summed E-state index contributed by atoms with van der Waals surface area (Å²) in [6, 6.07) is 15.5. The third kappa shape index (κ3) is 9.86. The van der Waals surface area contributed by atoms with Crippen LogP contribution in [0.4, 0.5) is 11.4 Å². The average molecular weight is 457 g/mol. The Hall–Kier alpha value is -3.66. The van der Waals surface area contributed by atoms with Crippen molar-refractivity contribution >= 4 is 23.8 Å². The van der Waals surface area contributed by atoms with Crippen molar-refractivity contribution < 1.29 is 9.47 Å². The van der Waals surface area contributed by atoms with Crippen molar-refractivity contribution in [3.8, 4) is 11.5 Å². The highest BCUT2D eigenvalue weighted by molar-refractivity contribution is 5.82. The van der Waals surface area contributed by atoms with E-state index in [0.717, 1.165) is 34.0 Å². The molecule has 0 saturated carbocycles. The lowest BCUT2D eigenvalue weighted by Crippen LogP contribution is -2.04. The number of rotatable bonds is 11. The summed E-state index contributed by atoms with van der Waals surface area (Å²) >= 11 is 0. The molecule has 0 heterocycles. The van der Waals surface area contributed by atoms with Crippen molar-refractivity contribution in [2.75, 3.05) is 0 Å². The maximum Gasteiger partial charge on any atom is 0.119 e. The van der Waals surface area contributed by atoms with Gasteiger partial charge in [0.05, 0.1) is 23.6 Å². The van der Waals surface area contributed by atoms with Crippen LogP contribution in [0.3, 0.4) is 0 Å². The standard InChI is InChI=1S/C30H36N2O2/c1-7-9-25(19-21-31-27-11-15-29(16-12-27)33-23(3)4)26(10-8-2)20-22-32-28-13-17-30(18-14-28)34-24(5)6/h7-24H,1-6H3/b9-7-,10-8-,25-19-,26-20+,31-21+,32-22+. The van der Waals surface area contributed by atoms with E-state index in [1.165, 1.54) is 0 Å². The maximum atomic E-state index is 5.69. The molecule has 4 nitrogen and oxygen atoms in total. The van der Waals surface area contributed by atoms with Gasteiger partial charge in [-0.15, -0.1) is 0 Å². The molecule has 2 rings (SSSR count). The van der Waals surface area contributed by atoms with Crippen molar-refractivity contribution in [2.24, 2.45) is 9.98 Å². The molecule has 2 aromatic carbocycles. The maximum absolute atomic E-state index is 5.69. The zero-order chi connectivity index (χ0) is 24.8. The number of hydrogen-bond donors (Lipinski definition) is 0. The summed E-state index contributed by atoms with van der Waals surface area (Å²) in [6.07, 6.45) is 16.1. The SMILES string of the molecule is C\C=C/C(=C/C=N/c1ccc(OC(C)C)cc1)C(/C=C\C)=C/C=N/c1ccc(OC(C)C)cc1. The zero-order valence-electron chi connectivity index (χ0n) is 21.1. The number of aliphatic imine (C=N–C) groups is 2. The van der Waals surface area contributed by atoms with Crippen LogP contribution in [-0.4, -0.2) is 24.6 Å². The average Bonchev–Trinajstić information content (AvgIpc) is 2.79. The first-order valence-electron chi connectivity index (χ1n) is 11.7. The van der Waals surface area contributed by atoms with Gasteiger partial charge in [0, 0.05) is 12.4 Å². The van der Waals surface area contributed by atoms with E-state index in [-0.39, 0.29) is 12.2 Å². The second-order valence-electron chi connectivity index (χ2n) is 8.12. The van der Waals surface area contributed by atoms with Crippen LogP contribution in [0.5, 0.6) is 11.5 Å². The number of nitrogens with zero attached hydrogens (tertiary/aromatic N) is 2. The Kier molecular flexibility index (Phi) is 11.3. The smallest absolute Gasteiger partial charge is 0.119 e. The normalized spacial score (nSPS) is 13.4. The molecule has 0 spiro atoms. The minimum absolute atomic E-state index is 0.152. The largest absolute Gasteiger partial charge is 0.491 e. The number of hydrogen-bond acceptors (Lipinski definition) is 4. The first-order valence-corrected chi connectivity index (χ1v) is 11.7. The molecule has 0 amide bonds. The summed E-state index contributed by atoms with van der Waals surface area (Å²) in [5.41, 5.74) is 3.82. The minimum atomic E-state index is 0.152. The molecule has 0 aliphatic heterocycles. The Balaban J connectivity index is 2.17. The predicted octanol–water partition coefficient (Wildman–Crippen LogP) is 8.37. The number of benzene rings is 2. The molecule has 0 aromatic heterocycles. The van der Waals surface area contributed by atoms with Crippen LogP contribution in [0.25, 0.3) is 0 Å². The predicted molar refractivity (Wildman–Crippen MR) is 147 cm³/mol. The van der Waals surface area contributed by atoms with Gasteiger partial charge in [0.15, 0.2) is 0 Å². The highest BCUT2D eigenvalue weighted by Crippen LogP contribution is 2.20. The van der Waals surface area contributed by atoms with Gasteiger partial charge in [-0.3, -0.25) is 9.98 Å². The zero-order valence-corrected chi connectivity index (χ0v) is 21.1. The lowest BCUT2D eigenvalue weighted by atomic mass is 10.0. The van der Waals surface area contributed by atoms with Gasteiger partial charge in [-0.1, -0.05) is 24.3 Å². The Morgan fingerprint density at radius 1 is 0.618 bits per heavy atom. The van der Waals surface area contributed by atoms with E-state index in [1.54, 1.807) is 0 Å². The molecule has 2 aromatic rings. The molecule has 0 bridgehead atoms. The van der Waals surface area contributed by atoms with Crippen LogP contribution in [0.1, 0.15) is 41.5 Å². The van der Waals surface area contributed by atoms with Gasteiger partial charge in [0.1, 0.15) is 11.5 Å². The van der Waals surface area contributed by atoms with Crippen LogP contribution in [0.15, 0.2) is 106 Å². The highest BCUT2D eigenvalue weighted by atomic mass is 16.5. The Bertz CT molecular complexity index is 964. The van der Waals surface area contributed by atoms with Crippen LogP contribution in [0.2, 0.25) is 0 Å². The van der Waals surface area contributed by atoms with E-state index in [4.69, 9.17) is 9.47 Å². The number of ether oxygens (including phenoxy) is 2. The monoisotopic (exact) mass is 456 g/mol. The summed E-state index contributed by atoms with van der Waals surface area (Å²) < 4.78 is 11.4. The van der Waals surface area contributed by atoms with Gasteiger partial charge in [-0.25, -0.2) is 0 Å². The van der Waals surface area contributed by atoms with Crippen LogP contribution in [0, 0.1) is 0 Å². The topological polar surface area (TPSA) is 43.2 Å². The molecule has 34 heavy (non-hydrogen) atoms. The molecular formula is C30H36N2O2. The molecule has 0 fully saturated rings. The first kappa shape index (κ1) is 26.6. The lowest BCUT2D eigenvalue weighted by Gasteiger charge is -2.09. The first-order chi connectivity index (χ1) is 16.4. The van der Waals surface area contributed by atoms with Crippen LogP contribution < -0.4 is 9.47 Å². The van der Waals surface area contributed by atoms with Crippen molar-refractivity contribution in [3.63, 3.8) is 0 Å². The Labute approximate surface area is 204 Å². The fourth-order valence-electron chi connectivity index (χ4n) is 3.03. The molecule has 0 aliphatic carbocycles. The summed E-state index contributed by atoms with van der Waals surface area (Å²) in [5, 5.41) is 0. The van der Waals surface area contributed by atoms with Gasteiger partial charge in [0.2, 0.25) is 0 Å². The molecular weight excluding hydrogens is 420 g/mol. The van der Waals surface area contributed by atoms with Crippen molar-refractivity contribution in [3.05, 3.63) is 96.1 Å². The quantitative estimate of drug-likeness (QED) is 0.252. The fourth-order valence-corrected chi connectivity index (χ4v) is 3.03. The summed E-state index contributed by atoms with van der Waals surface area (Å²) in [4.78, 5) is 9.12. The second-order valence-corrected chi connectivity index (χ2v) is 8.12. The molecule has 4 heteroatoms. The summed E-state index contributed by atoms with van der Waals surface area (Å²) in [7, 11) is 0. The van der Waals surface area contributed by atoms with Gasteiger partial charge < -0.3 is 9.47 Å². The van der Waals surface area contributed by atoms with Crippen molar-refractivity contribution in [1.29, 1.82) is 0 Å². The highest BCUT2D eigenvalue weighted by Gasteiger charge is 1.99. The summed E-state index contributed by atoms with van der Waals surface area (Å²) in [6.45, 7) is 12.1. The molecule has 0 radical (unpaired) electrons. The number of allylic oxidation sites excluding steroid dienone is 8. The molecule has 0 unspecified atom stereocenters. The van der Waals surface area contributed by atoms with Crippen molar-refractivity contribution in [2.45, 2.75) is 53.8 Å². The van der Waals surface area contributed by atoms with Gasteiger partial charge >= 0.3 is 0 Å². The Morgan fingerprint density at radius 2 is 0.971 bits per heavy atom. The van der Waals surface area contributed by atoms with E-state index in [2.05, 4.69) is 22.1 Å². The van der Waals surface area contributed by atoms with E-state index < -0.39 is 0 Å². The van der Waals surface area contributed by atoms with Gasteiger partial charge in [-0.2, -0.15) is 0 Å². The molecule has 0 aliphatic rings. The van der Waals surface area contributed by atoms with Crippen molar-refractivity contribution in [1.82, 2.24) is 0 Å². The third-order valence-corrected chi connectivity index (χ3v) is 4.40. The summed E-state index contributed by atoms with van der Waals surface area (Å²) in [5.74, 6) is 1.69. The molecule has 0 atom stereocenters. The van der Waals surface area contributed by atoms with E-state index >= 15 is 0 Å². The van der Waals surface area contributed by atoms with E-state index in [9.17, 15) is 0 Å².